The number of phenols is 1. The molecule has 1 saturated carbocycles. The molecular weight excluding hydrogens is 424 g/mol. The van der Waals surface area contributed by atoms with E-state index in [1.807, 2.05) is 36.4 Å². The van der Waals surface area contributed by atoms with Gasteiger partial charge in [-0.25, -0.2) is 0 Å². The number of fused-ring (bicyclic) bond motifs is 4. The molecular formula is C29H36N2O3. The standard InChI is InChI=1S/C29H36N2O3/c1-28(2)25-18-22-23(10-7-11-24(22)32)29(28,3)16-17-31(25)27(34)20-14-12-19(13-15-20)26(33)30-21-8-5-4-6-9-21/h4-11,19-20,25,32H,12-18H2,1-3H3,(H,30,33)/t19-,20+,25-,29+/m1/s1. The lowest BCUT2D eigenvalue weighted by molar-refractivity contribution is -0.150. The van der Waals surface area contributed by atoms with Gasteiger partial charge < -0.3 is 15.3 Å². The number of phenolic OH excluding ortho intramolecular Hbond substituents is 1. The van der Waals surface area contributed by atoms with Crippen molar-refractivity contribution in [3.63, 3.8) is 0 Å². The molecule has 2 amide bonds. The first-order valence-electron chi connectivity index (χ1n) is 12.7. The Balaban J connectivity index is 1.28. The maximum absolute atomic E-state index is 13.8. The van der Waals surface area contributed by atoms with Gasteiger partial charge in [0.05, 0.1) is 0 Å². The summed E-state index contributed by atoms with van der Waals surface area (Å²) in [6.07, 6.45) is 4.61. The molecule has 2 N–H and O–H groups in total. The minimum Gasteiger partial charge on any atom is -0.508 e. The molecule has 0 radical (unpaired) electrons. The van der Waals surface area contributed by atoms with Crippen LogP contribution in [0, 0.1) is 17.3 Å². The zero-order valence-corrected chi connectivity index (χ0v) is 20.5. The second-order valence-corrected chi connectivity index (χ2v) is 11.3. The van der Waals surface area contributed by atoms with E-state index in [0.717, 1.165) is 49.9 Å². The molecule has 1 heterocycles. The van der Waals surface area contributed by atoms with Crippen LogP contribution in [-0.4, -0.2) is 34.4 Å². The monoisotopic (exact) mass is 460 g/mol. The van der Waals surface area contributed by atoms with Crippen molar-refractivity contribution in [2.24, 2.45) is 17.3 Å². The van der Waals surface area contributed by atoms with Gasteiger partial charge in [-0.15, -0.1) is 0 Å². The first kappa shape index (κ1) is 22.9. The maximum Gasteiger partial charge on any atom is 0.227 e. The molecule has 2 atom stereocenters. The molecule has 5 nitrogen and oxygen atoms in total. The van der Waals surface area contributed by atoms with Crippen LogP contribution in [-0.2, 0) is 21.4 Å². The number of anilines is 1. The van der Waals surface area contributed by atoms with Crippen LogP contribution in [0.4, 0.5) is 5.69 Å². The lowest BCUT2D eigenvalue weighted by atomic mass is 9.51. The number of benzene rings is 2. The third-order valence-corrected chi connectivity index (χ3v) is 9.40. The topological polar surface area (TPSA) is 69.6 Å². The molecule has 2 fully saturated rings. The van der Waals surface area contributed by atoms with E-state index < -0.39 is 0 Å². The molecule has 2 bridgehead atoms. The van der Waals surface area contributed by atoms with Gasteiger partial charge in [-0.2, -0.15) is 0 Å². The Labute approximate surface area is 202 Å². The molecule has 2 aromatic carbocycles. The molecule has 0 unspecified atom stereocenters. The normalized spacial score (nSPS) is 29.7. The average molecular weight is 461 g/mol. The van der Waals surface area contributed by atoms with Crippen LogP contribution < -0.4 is 5.32 Å². The third-order valence-electron chi connectivity index (χ3n) is 9.40. The summed E-state index contributed by atoms with van der Waals surface area (Å²) in [5.41, 5.74) is 2.91. The smallest absolute Gasteiger partial charge is 0.227 e. The Kier molecular flexibility index (Phi) is 5.70. The first-order chi connectivity index (χ1) is 16.2. The van der Waals surface area contributed by atoms with E-state index in [2.05, 4.69) is 37.1 Å². The van der Waals surface area contributed by atoms with Crippen molar-refractivity contribution in [3.8, 4) is 5.75 Å². The van der Waals surface area contributed by atoms with Gasteiger partial charge in [0, 0.05) is 35.5 Å². The van der Waals surface area contributed by atoms with Gasteiger partial charge in [-0.05, 0) is 73.3 Å². The van der Waals surface area contributed by atoms with Crippen molar-refractivity contribution in [2.45, 2.75) is 70.8 Å². The van der Waals surface area contributed by atoms with Crippen molar-refractivity contribution in [1.29, 1.82) is 0 Å². The molecule has 180 valence electrons. The van der Waals surface area contributed by atoms with E-state index in [0.29, 0.717) is 12.2 Å². The number of carbonyl (C=O) groups is 2. The SMILES string of the molecule is CC1(C)[C@H]2Cc3c(O)cccc3[C@]1(C)CCN2C(=O)[C@H]1CC[C@@H](C(=O)Nc2ccccc2)CC1. The third kappa shape index (κ3) is 3.60. The summed E-state index contributed by atoms with van der Waals surface area (Å²) >= 11 is 0. The minimum absolute atomic E-state index is 0.0216. The number of amides is 2. The molecule has 5 rings (SSSR count). The molecule has 1 aliphatic heterocycles. The first-order valence-corrected chi connectivity index (χ1v) is 12.7. The Bertz CT molecular complexity index is 1090. The molecule has 0 spiro atoms. The van der Waals surface area contributed by atoms with Crippen molar-refractivity contribution in [3.05, 3.63) is 59.7 Å². The van der Waals surface area contributed by atoms with Gasteiger partial charge in [0.15, 0.2) is 0 Å². The molecule has 3 aliphatic rings. The van der Waals surface area contributed by atoms with Crippen LogP contribution in [0.15, 0.2) is 48.5 Å². The van der Waals surface area contributed by atoms with Gasteiger partial charge in [-0.1, -0.05) is 51.1 Å². The Hall–Kier alpha value is -2.82. The van der Waals surface area contributed by atoms with E-state index in [1.54, 1.807) is 6.07 Å². The number of aromatic hydroxyl groups is 1. The number of likely N-dealkylation sites (tertiary alicyclic amines) is 1. The van der Waals surface area contributed by atoms with Gasteiger partial charge in [0.1, 0.15) is 5.75 Å². The van der Waals surface area contributed by atoms with Gasteiger partial charge in [0.25, 0.3) is 0 Å². The lowest BCUT2D eigenvalue weighted by Gasteiger charge is -2.61. The summed E-state index contributed by atoms with van der Waals surface area (Å²) in [5, 5.41) is 13.6. The van der Waals surface area contributed by atoms with Crippen LogP contribution in [0.25, 0.3) is 0 Å². The molecule has 1 saturated heterocycles. The average Bonchev–Trinajstić information content (AvgIpc) is 2.82. The number of carbonyl (C=O) groups excluding carboxylic acids is 2. The lowest BCUT2D eigenvalue weighted by Crippen LogP contribution is -2.65. The molecule has 34 heavy (non-hydrogen) atoms. The summed E-state index contributed by atoms with van der Waals surface area (Å²) < 4.78 is 0. The van der Waals surface area contributed by atoms with Gasteiger partial charge in [-0.3, -0.25) is 9.59 Å². The maximum atomic E-state index is 13.8. The van der Waals surface area contributed by atoms with E-state index >= 15 is 0 Å². The Morgan fingerprint density at radius 1 is 0.941 bits per heavy atom. The second kappa shape index (κ2) is 8.44. The van der Waals surface area contributed by atoms with E-state index in [-0.39, 0.29) is 40.5 Å². The Morgan fingerprint density at radius 2 is 1.62 bits per heavy atom. The zero-order chi connectivity index (χ0) is 24.1. The number of piperidine rings is 1. The van der Waals surface area contributed by atoms with Crippen LogP contribution in [0.5, 0.6) is 5.75 Å². The second-order valence-electron chi connectivity index (χ2n) is 11.3. The van der Waals surface area contributed by atoms with Crippen LogP contribution in [0.3, 0.4) is 0 Å². The van der Waals surface area contributed by atoms with Crippen molar-refractivity contribution in [1.82, 2.24) is 4.90 Å². The number of rotatable bonds is 3. The van der Waals surface area contributed by atoms with E-state index in [4.69, 9.17) is 0 Å². The number of nitrogens with one attached hydrogen (secondary N) is 1. The molecule has 2 aromatic rings. The largest absolute Gasteiger partial charge is 0.508 e. The fourth-order valence-corrected chi connectivity index (χ4v) is 6.79. The fourth-order valence-electron chi connectivity index (χ4n) is 6.79. The highest BCUT2D eigenvalue weighted by atomic mass is 16.3. The van der Waals surface area contributed by atoms with Crippen LogP contribution in [0.2, 0.25) is 0 Å². The van der Waals surface area contributed by atoms with Crippen molar-refractivity contribution >= 4 is 17.5 Å². The number of hydrogen-bond donors (Lipinski definition) is 2. The van der Waals surface area contributed by atoms with Gasteiger partial charge >= 0.3 is 0 Å². The Morgan fingerprint density at radius 3 is 2.32 bits per heavy atom. The number of hydrogen-bond acceptors (Lipinski definition) is 3. The van der Waals surface area contributed by atoms with Crippen LogP contribution in [0.1, 0.15) is 64.0 Å². The van der Waals surface area contributed by atoms with E-state index in [1.165, 1.54) is 5.56 Å². The number of nitrogens with zero attached hydrogens (tertiary/aromatic N) is 1. The summed E-state index contributed by atoms with van der Waals surface area (Å²) in [6.45, 7) is 7.63. The minimum atomic E-state index is -0.0888. The summed E-state index contributed by atoms with van der Waals surface area (Å²) in [7, 11) is 0. The van der Waals surface area contributed by atoms with Crippen LogP contribution >= 0.6 is 0 Å². The van der Waals surface area contributed by atoms with Gasteiger partial charge in [0.2, 0.25) is 11.8 Å². The fraction of sp³-hybridized carbons (Fsp3) is 0.517. The summed E-state index contributed by atoms with van der Waals surface area (Å²) in [4.78, 5) is 28.6. The highest BCUT2D eigenvalue weighted by Gasteiger charge is 2.57. The van der Waals surface area contributed by atoms with E-state index in [9.17, 15) is 14.7 Å². The van der Waals surface area contributed by atoms with Crippen molar-refractivity contribution in [2.75, 3.05) is 11.9 Å². The predicted molar refractivity (Wildman–Crippen MR) is 134 cm³/mol. The zero-order valence-electron chi connectivity index (χ0n) is 20.5. The summed E-state index contributed by atoms with van der Waals surface area (Å²) in [6, 6.07) is 15.5. The summed E-state index contributed by atoms with van der Waals surface area (Å²) in [5.74, 6) is 0.589. The van der Waals surface area contributed by atoms with Crippen molar-refractivity contribution < 1.29 is 14.7 Å². The molecule has 5 heteroatoms. The molecule has 2 aliphatic carbocycles. The number of para-hydroxylation sites is 1. The quantitative estimate of drug-likeness (QED) is 0.655. The predicted octanol–water partition coefficient (Wildman–Crippen LogP) is 5.28. The highest BCUT2D eigenvalue weighted by Crippen LogP contribution is 2.57. The highest BCUT2D eigenvalue weighted by molar-refractivity contribution is 5.92. The molecule has 0 aromatic heterocycles.